The van der Waals surface area contributed by atoms with Crippen LogP contribution in [0.15, 0.2) is 66.1 Å². The molecule has 1 heterocycles. The van der Waals surface area contributed by atoms with Gasteiger partial charge in [-0.3, -0.25) is 0 Å². The van der Waals surface area contributed by atoms with Gasteiger partial charge in [0, 0.05) is 18.9 Å². The van der Waals surface area contributed by atoms with E-state index in [1.807, 2.05) is 31.3 Å². The molecule has 4 atom stereocenters. The third kappa shape index (κ3) is 3.03. The Bertz CT molecular complexity index is 653. The first kappa shape index (κ1) is 16.5. The molecule has 1 N–H and O–H groups in total. The molecular formula is C19H21NOS2. The summed E-state index contributed by atoms with van der Waals surface area (Å²) in [5.74, 6) is 0.591. The van der Waals surface area contributed by atoms with E-state index >= 15 is 0 Å². The van der Waals surface area contributed by atoms with Crippen LogP contribution < -0.4 is 5.32 Å². The minimum absolute atomic E-state index is 0.157. The van der Waals surface area contributed by atoms with Crippen molar-refractivity contribution in [3.63, 3.8) is 0 Å². The Kier molecular flexibility index (Phi) is 5.05. The lowest BCUT2D eigenvalue weighted by atomic mass is 9.78. The molecule has 0 saturated heterocycles. The van der Waals surface area contributed by atoms with Gasteiger partial charge in [0.1, 0.15) is 10.4 Å². The van der Waals surface area contributed by atoms with Gasteiger partial charge in [-0.05, 0) is 41.7 Å². The molecule has 2 unspecified atom stereocenters. The van der Waals surface area contributed by atoms with Crippen molar-refractivity contribution in [3.05, 3.63) is 71.7 Å². The molecule has 2 aliphatic rings. The zero-order chi connectivity index (χ0) is 16.3. The predicted molar refractivity (Wildman–Crippen MR) is 102 cm³/mol. The molecule has 0 radical (unpaired) electrons. The van der Waals surface area contributed by atoms with Crippen molar-refractivity contribution in [3.8, 4) is 0 Å². The number of nitrogens with one attached hydrogen (secondary N) is 1. The van der Waals surface area contributed by atoms with Crippen molar-refractivity contribution in [2.45, 2.75) is 23.5 Å². The summed E-state index contributed by atoms with van der Waals surface area (Å²) in [7, 11) is 1.81. The summed E-state index contributed by atoms with van der Waals surface area (Å²) in [5.41, 5.74) is 1.34. The van der Waals surface area contributed by atoms with Gasteiger partial charge in [-0.25, -0.2) is 0 Å². The topological polar surface area (TPSA) is 35.1 Å². The number of allylic oxidation sites excluding steroid dienone is 4. The summed E-state index contributed by atoms with van der Waals surface area (Å²) in [6.45, 7) is 0. The Hall–Kier alpha value is -1.36. The molecule has 4 heteroatoms. The molecule has 23 heavy (non-hydrogen) atoms. The van der Waals surface area contributed by atoms with Crippen molar-refractivity contribution in [1.29, 1.82) is 0 Å². The molecule has 0 saturated carbocycles. The molecule has 0 aromatic heterocycles. The van der Waals surface area contributed by atoms with Gasteiger partial charge in [0.05, 0.1) is 0 Å². The van der Waals surface area contributed by atoms with Crippen molar-refractivity contribution in [2.24, 2.45) is 5.92 Å². The van der Waals surface area contributed by atoms with E-state index in [9.17, 15) is 4.55 Å². The van der Waals surface area contributed by atoms with Gasteiger partial charge in [-0.2, -0.15) is 0 Å². The van der Waals surface area contributed by atoms with E-state index in [0.29, 0.717) is 10.9 Å². The van der Waals surface area contributed by atoms with E-state index in [1.165, 1.54) is 5.56 Å². The maximum atomic E-state index is 12.8. The molecule has 0 bridgehead atoms. The zero-order valence-corrected chi connectivity index (χ0v) is 14.8. The lowest BCUT2D eigenvalue weighted by Gasteiger charge is -2.40. The molecule has 0 spiro atoms. The highest BCUT2D eigenvalue weighted by atomic mass is 32.2. The van der Waals surface area contributed by atoms with E-state index in [-0.39, 0.29) is 5.92 Å². The van der Waals surface area contributed by atoms with Crippen LogP contribution in [0.3, 0.4) is 0 Å². The van der Waals surface area contributed by atoms with Crippen molar-refractivity contribution >= 4 is 28.4 Å². The number of hydrogen-bond acceptors (Lipinski definition) is 2. The standard InChI is InChI=1S/C19H21NOS2/c1-20-18(22)19(13-5-6-14-23(19)21)17-11-9-16(10-12-17)15-7-3-2-4-8-15/h2-9,11,13-14,16-17H,10,12H2,1H3,(H,20,22)/t16?,17?,19-,23-/m0/s1. The molecular weight excluding hydrogens is 322 g/mol. The highest BCUT2D eigenvalue weighted by Crippen LogP contribution is 2.42. The van der Waals surface area contributed by atoms with E-state index < -0.39 is 15.9 Å². The normalized spacial score (nSPS) is 32.7. The van der Waals surface area contributed by atoms with Crippen LogP contribution in [0.2, 0.25) is 0 Å². The zero-order valence-electron chi connectivity index (χ0n) is 13.1. The Labute approximate surface area is 146 Å². The van der Waals surface area contributed by atoms with Gasteiger partial charge in [-0.1, -0.05) is 60.8 Å². The van der Waals surface area contributed by atoms with E-state index in [1.54, 1.807) is 5.41 Å². The van der Waals surface area contributed by atoms with Crippen LogP contribution in [0.1, 0.15) is 24.3 Å². The van der Waals surface area contributed by atoms with Crippen LogP contribution in [0.4, 0.5) is 0 Å². The fraction of sp³-hybridized carbons (Fsp3) is 0.316. The molecule has 1 aliphatic heterocycles. The first-order valence-electron chi connectivity index (χ1n) is 7.90. The van der Waals surface area contributed by atoms with Gasteiger partial charge >= 0.3 is 0 Å². The largest absolute Gasteiger partial charge is 0.611 e. The molecule has 0 amide bonds. The van der Waals surface area contributed by atoms with Gasteiger partial charge in [0.25, 0.3) is 0 Å². The summed E-state index contributed by atoms with van der Waals surface area (Å²) >= 11 is 4.40. The Morgan fingerprint density at radius 3 is 2.61 bits per heavy atom. The Morgan fingerprint density at radius 1 is 1.22 bits per heavy atom. The third-order valence-electron chi connectivity index (χ3n) is 4.71. The molecule has 1 aromatic carbocycles. The fourth-order valence-corrected chi connectivity index (χ4v) is 5.37. The van der Waals surface area contributed by atoms with E-state index in [4.69, 9.17) is 12.2 Å². The van der Waals surface area contributed by atoms with E-state index in [0.717, 1.165) is 12.8 Å². The average molecular weight is 344 g/mol. The minimum Gasteiger partial charge on any atom is -0.611 e. The van der Waals surface area contributed by atoms with Crippen molar-refractivity contribution in [2.75, 3.05) is 7.05 Å². The van der Waals surface area contributed by atoms with Gasteiger partial charge in [-0.15, -0.1) is 0 Å². The summed E-state index contributed by atoms with van der Waals surface area (Å²) < 4.78 is 12.2. The monoisotopic (exact) mass is 343 g/mol. The number of hydrogen-bond donors (Lipinski definition) is 1. The van der Waals surface area contributed by atoms with Crippen LogP contribution in [0.25, 0.3) is 0 Å². The highest BCUT2D eigenvalue weighted by molar-refractivity contribution is 7.98. The van der Waals surface area contributed by atoms with Crippen molar-refractivity contribution < 1.29 is 4.55 Å². The van der Waals surface area contributed by atoms with Crippen LogP contribution in [0.5, 0.6) is 0 Å². The lowest BCUT2D eigenvalue weighted by Crippen LogP contribution is -2.54. The van der Waals surface area contributed by atoms with Crippen molar-refractivity contribution in [1.82, 2.24) is 5.32 Å². The lowest BCUT2D eigenvalue weighted by molar-refractivity contribution is 0.469. The maximum Gasteiger partial charge on any atom is 0.204 e. The minimum atomic E-state index is -1.14. The summed E-state index contributed by atoms with van der Waals surface area (Å²) in [5, 5.41) is 4.82. The maximum absolute atomic E-state index is 12.8. The molecule has 1 aliphatic carbocycles. The molecule has 120 valence electrons. The summed E-state index contributed by atoms with van der Waals surface area (Å²) in [6, 6.07) is 10.5. The molecule has 0 fully saturated rings. The second-order valence-corrected chi connectivity index (χ2v) is 7.89. The Morgan fingerprint density at radius 2 is 2.00 bits per heavy atom. The van der Waals surface area contributed by atoms with Gasteiger partial charge in [0.15, 0.2) is 0 Å². The molecule has 1 aromatic rings. The fourth-order valence-electron chi connectivity index (χ4n) is 3.45. The van der Waals surface area contributed by atoms with Gasteiger partial charge < -0.3 is 9.87 Å². The average Bonchev–Trinajstić information content (AvgIpc) is 2.62. The smallest absolute Gasteiger partial charge is 0.204 e. The third-order valence-corrected chi connectivity index (χ3v) is 7.10. The quantitative estimate of drug-likeness (QED) is 0.514. The summed E-state index contributed by atoms with van der Waals surface area (Å²) in [6.07, 6.45) is 12.3. The number of benzene rings is 1. The SMILES string of the molecule is CNC(=S)[C@@]1(C2C=CC(c3ccccc3)CC2)C=CC=C[S@+]1[O-]. The van der Waals surface area contributed by atoms with Gasteiger partial charge in [0.2, 0.25) is 4.75 Å². The Balaban J connectivity index is 1.87. The van der Waals surface area contributed by atoms with Crippen LogP contribution in [-0.2, 0) is 11.2 Å². The number of thiocarbonyl (C=S) groups is 1. The van der Waals surface area contributed by atoms with E-state index in [2.05, 4.69) is 41.7 Å². The van der Waals surface area contributed by atoms with Crippen LogP contribution >= 0.6 is 12.2 Å². The van der Waals surface area contributed by atoms with Crippen LogP contribution in [-0.4, -0.2) is 21.3 Å². The first-order valence-corrected chi connectivity index (χ1v) is 9.53. The number of rotatable bonds is 3. The summed E-state index contributed by atoms with van der Waals surface area (Å²) in [4.78, 5) is 0.657. The predicted octanol–water partition coefficient (Wildman–Crippen LogP) is 3.85. The molecule has 2 nitrogen and oxygen atoms in total. The second-order valence-electron chi connectivity index (χ2n) is 5.94. The molecule has 3 rings (SSSR count). The highest BCUT2D eigenvalue weighted by Gasteiger charge is 2.50. The first-order chi connectivity index (χ1) is 11.2. The second kappa shape index (κ2) is 7.04. The van der Waals surface area contributed by atoms with Crippen LogP contribution in [0, 0.1) is 5.92 Å².